The van der Waals surface area contributed by atoms with Gasteiger partial charge in [0.2, 0.25) is 0 Å². The van der Waals surface area contributed by atoms with Crippen molar-refractivity contribution in [2.45, 2.75) is 25.4 Å². The van der Waals surface area contributed by atoms with Crippen LogP contribution in [0.5, 0.6) is 0 Å². The molecule has 0 bridgehead atoms. The normalized spacial score (nSPS) is 19.5. The molecule has 0 spiro atoms. The lowest BCUT2D eigenvalue weighted by Gasteiger charge is -2.22. The Morgan fingerprint density at radius 2 is 1.83 bits per heavy atom. The Bertz CT molecular complexity index is 787. The van der Waals surface area contributed by atoms with Gasteiger partial charge in [-0.25, -0.2) is 4.39 Å². The van der Waals surface area contributed by atoms with Crippen LogP contribution in [-0.2, 0) is 10.4 Å². The van der Waals surface area contributed by atoms with Crippen LogP contribution in [0.4, 0.5) is 10.1 Å². The summed E-state index contributed by atoms with van der Waals surface area (Å²) in [5, 5.41) is 11.0. The molecular formula is C19H18FNO3. The molecule has 0 fully saturated rings. The monoisotopic (exact) mass is 327 g/mol. The van der Waals surface area contributed by atoms with E-state index in [-0.39, 0.29) is 12.0 Å². The second-order valence-electron chi connectivity index (χ2n) is 5.94. The van der Waals surface area contributed by atoms with E-state index in [9.17, 15) is 19.1 Å². The first-order valence-corrected chi connectivity index (χ1v) is 7.90. The molecule has 0 saturated carbocycles. The van der Waals surface area contributed by atoms with Crippen molar-refractivity contribution in [2.24, 2.45) is 0 Å². The lowest BCUT2D eigenvalue weighted by molar-refractivity contribution is -0.135. The molecule has 0 aromatic heterocycles. The highest BCUT2D eigenvalue weighted by atomic mass is 19.1. The lowest BCUT2D eigenvalue weighted by atomic mass is 9.88. The Hall–Kier alpha value is -2.53. The number of halogens is 1. The van der Waals surface area contributed by atoms with Crippen LogP contribution in [0.15, 0.2) is 48.5 Å². The topological polar surface area (TPSA) is 57.6 Å². The summed E-state index contributed by atoms with van der Waals surface area (Å²) in [7, 11) is 0. The van der Waals surface area contributed by atoms with Crippen LogP contribution in [0.1, 0.15) is 35.7 Å². The number of hydrogen-bond acceptors (Lipinski definition) is 3. The van der Waals surface area contributed by atoms with Crippen LogP contribution in [-0.4, -0.2) is 23.3 Å². The van der Waals surface area contributed by atoms with Gasteiger partial charge in [-0.05, 0) is 36.8 Å². The highest BCUT2D eigenvalue weighted by Crippen LogP contribution is 2.42. The lowest BCUT2D eigenvalue weighted by Crippen LogP contribution is -2.42. The zero-order valence-electron chi connectivity index (χ0n) is 13.3. The predicted molar refractivity (Wildman–Crippen MR) is 88.3 cm³/mol. The molecule has 1 atom stereocenters. The van der Waals surface area contributed by atoms with Crippen molar-refractivity contribution in [3.63, 3.8) is 0 Å². The fourth-order valence-corrected chi connectivity index (χ4v) is 3.09. The number of rotatable bonds is 5. The van der Waals surface area contributed by atoms with E-state index in [2.05, 4.69) is 0 Å². The third kappa shape index (κ3) is 2.61. The zero-order valence-corrected chi connectivity index (χ0v) is 13.3. The van der Waals surface area contributed by atoms with Gasteiger partial charge in [0.15, 0.2) is 11.4 Å². The number of Topliss-reactive ketones (excluding diaryl/α,β-unsaturated/α-hetero) is 1. The molecule has 0 radical (unpaired) electrons. The summed E-state index contributed by atoms with van der Waals surface area (Å²) in [4.78, 5) is 26.8. The van der Waals surface area contributed by atoms with Crippen molar-refractivity contribution in [3.8, 4) is 0 Å². The molecule has 1 aliphatic rings. The molecule has 1 unspecified atom stereocenters. The molecule has 0 saturated heterocycles. The zero-order chi connectivity index (χ0) is 17.3. The number of aliphatic hydroxyl groups is 1. The first-order chi connectivity index (χ1) is 11.5. The maximum atomic E-state index is 13.0. The fraction of sp³-hybridized carbons (Fsp3) is 0.263. The van der Waals surface area contributed by atoms with E-state index in [1.165, 1.54) is 29.2 Å². The van der Waals surface area contributed by atoms with Crippen molar-refractivity contribution >= 4 is 17.4 Å². The third-order valence-electron chi connectivity index (χ3n) is 4.27. The highest BCUT2D eigenvalue weighted by Gasteiger charge is 2.50. The van der Waals surface area contributed by atoms with Crippen LogP contribution in [0.3, 0.4) is 0 Å². The largest absolute Gasteiger partial charge is 0.375 e. The number of hydrogen-bond donors (Lipinski definition) is 1. The molecule has 3 rings (SSSR count). The van der Waals surface area contributed by atoms with Gasteiger partial charge >= 0.3 is 0 Å². The minimum Gasteiger partial charge on any atom is -0.375 e. The molecule has 0 aliphatic carbocycles. The van der Waals surface area contributed by atoms with Gasteiger partial charge in [-0.2, -0.15) is 0 Å². The minimum absolute atomic E-state index is 0.268. The van der Waals surface area contributed by atoms with Gasteiger partial charge in [-0.1, -0.05) is 25.1 Å². The van der Waals surface area contributed by atoms with Gasteiger partial charge in [-0.15, -0.1) is 0 Å². The molecule has 1 heterocycles. The Morgan fingerprint density at radius 1 is 1.17 bits per heavy atom. The van der Waals surface area contributed by atoms with Crippen molar-refractivity contribution in [1.29, 1.82) is 0 Å². The Labute approximate surface area is 139 Å². The van der Waals surface area contributed by atoms with E-state index >= 15 is 0 Å². The Kier molecular flexibility index (Phi) is 4.20. The first-order valence-electron chi connectivity index (χ1n) is 7.90. The van der Waals surface area contributed by atoms with E-state index in [4.69, 9.17) is 0 Å². The SMILES string of the molecule is CCCN1C(=O)C(O)(CC(=O)c2ccc(F)cc2)c2ccccc21. The van der Waals surface area contributed by atoms with Gasteiger partial charge < -0.3 is 10.0 Å². The second kappa shape index (κ2) is 6.17. The first kappa shape index (κ1) is 16.3. The maximum Gasteiger partial charge on any atom is 0.264 e. The molecule has 2 aromatic carbocycles. The van der Waals surface area contributed by atoms with Crippen LogP contribution in [0, 0.1) is 5.82 Å². The number of benzene rings is 2. The van der Waals surface area contributed by atoms with Crippen LogP contribution in [0.25, 0.3) is 0 Å². The highest BCUT2D eigenvalue weighted by molar-refractivity contribution is 6.10. The molecule has 24 heavy (non-hydrogen) atoms. The van der Waals surface area contributed by atoms with Crippen LogP contribution < -0.4 is 4.90 Å². The minimum atomic E-state index is -1.88. The van der Waals surface area contributed by atoms with Crippen molar-refractivity contribution in [3.05, 3.63) is 65.5 Å². The number of anilines is 1. The van der Waals surface area contributed by atoms with Gasteiger partial charge in [0.05, 0.1) is 12.1 Å². The molecule has 1 amide bonds. The summed E-state index contributed by atoms with van der Waals surface area (Å²) in [6.45, 7) is 2.42. The van der Waals surface area contributed by atoms with Gasteiger partial charge in [0.25, 0.3) is 5.91 Å². The average Bonchev–Trinajstić information content (AvgIpc) is 2.78. The number of amides is 1. The molecule has 124 valence electrons. The van der Waals surface area contributed by atoms with E-state index in [0.29, 0.717) is 17.8 Å². The standard InChI is InChI=1S/C19H18FNO3/c1-2-11-21-16-6-4-3-5-15(16)19(24,18(21)23)12-17(22)13-7-9-14(20)10-8-13/h3-10,24H,2,11-12H2,1H3. The predicted octanol–water partition coefficient (Wildman–Crippen LogP) is 3.04. The van der Waals surface area contributed by atoms with Gasteiger partial charge in [0, 0.05) is 17.7 Å². The van der Waals surface area contributed by atoms with Crippen molar-refractivity contribution < 1.29 is 19.1 Å². The third-order valence-corrected chi connectivity index (χ3v) is 4.27. The molecular weight excluding hydrogens is 309 g/mol. The van der Waals surface area contributed by atoms with E-state index in [0.717, 1.165) is 6.42 Å². The number of carbonyl (C=O) groups is 2. The quantitative estimate of drug-likeness (QED) is 0.859. The molecule has 4 nitrogen and oxygen atoms in total. The second-order valence-corrected chi connectivity index (χ2v) is 5.94. The molecule has 5 heteroatoms. The summed E-state index contributed by atoms with van der Waals surface area (Å²) in [5.74, 6) is -1.33. The van der Waals surface area contributed by atoms with Crippen LogP contribution in [0.2, 0.25) is 0 Å². The van der Waals surface area contributed by atoms with E-state index in [1.54, 1.807) is 24.3 Å². The Morgan fingerprint density at radius 3 is 2.50 bits per heavy atom. The summed E-state index contributed by atoms with van der Waals surface area (Å²) >= 11 is 0. The summed E-state index contributed by atoms with van der Waals surface area (Å²) < 4.78 is 13.0. The van der Waals surface area contributed by atoms with Crippen molar-refractivity contribution in [2.75, 3.05) is 11.4 Å². The number of carbonyl (C=O) groups excluding carboxylic acids is 2. The van der Waals surface area contributed by atoms with Crippen molar-refractivity contribution in [1.82, 2.24) is 0 Å². The molecule has 2 aromatic rings. The summed E-state index contributed by atoms with van der Waals surface area (Å²) in [6.07, 6.45) is 0.372. The average molecular weight is 327 g/mol. The number of para-hydroxylation sites is 1. The van der Waals surface area contributed by atoms with Crippen LogP contribution >= 0.6 is 0 Å². The van der Waals surface area contributed by atoms with E-state index < -0.39 is 23.1 Å². The maximum absolute atomic E-state index is 13.0. The van der Waals surface area contributed by atoms with Gasteiger partial charge in [0.1, 0.15) is 5.82 Å². The number of nitrogens with zero attached hydrogens (tertiary/aromatic N) is 1. The number of fused-ring (bicyclic) bond motifs is 1. The Balaban J connectivity index is 1.95. The summed E-state index contributed by atoms with van der Waals surface area (Å²) in [6, 6.07) is 12.0. The van der Waals surface area contributed by atoms with E-state index in [1.807, 2.05) is 6.92 Å². The molecule has 1 aliphatic heterocycles. The summed E-state index contributed by atoms with van der Waals surface area (Å²) in [5.41, 5.74) is -0.529. The smallest absolute Gasteiger partial charge is 0.264 e. The van der Waals surface area contributed by atoms with Gasteiger partial charge in [-0.3, -0.25) is 9.59 Å². The fourth-order valence-electron chi connectivity index (χ4n) is 3.09. The molecule has 1 N–H and O–H groups in total. The number of ketones is 1.